The average Bonchev–Trinajstić information content (AvgIpc) is 2.59. The second kappa shape index (κ2) is 13.8. The van der Waals surface area contributed by atoms with E-state index in [0.29, 0.717) is 12.8 Å². The largest absolute Gasteiger partial charge is 0.469 e. The fourth-order valence-corrected chi connectivity index (χ4v) is 4.68. The van der Waals surface area contributed by atoms with Gasteiger partial charge in [0, 0.05) is 6.10 Å². The van der Waals surface area contributed by atoms with Crippen molar-refractivity contribution in [2.24, 2.45) is 5.92 Å². The maximum Gasteiger partial charge on any atom is 0.311 e. The minimum Gasteiger partial charge on any atom is -0.469 e. The topological polar surface area (TPSA) is 55.8 Å². The molecule has 0 saturated heterocycles. The maximum absolute atomic E-state index is 12.3. The van der Waals surface area contributed by atoms with E-state index in [1.807, 2.05) is 0 Å². The van der Waals surface area contributed by atoms with Gasteiger partial charge in [-0.3, -0.25) is 4.79 Å². The number of esters is 1. The van der Waals surface area contributed by atoms with Crippen LogP contribution >= 0.6 is 0 Å². The molecule has 0 rings (SSSR count). The number of methoxy groups -OCH3 is 1. The second-order valence-corrected chi connectivity index (χ2v) is 14.5. The number of hydrogen-bond donors (Lipinski definition) is 1. The van der Waals surface area contributed by atoms with Crippen LogP contribution in [0.2, 0.25) is 18.1 Å². The molecule has 4 nitrogen and oxygen atoms in total. The summed E-state index contributed by atoms with van der Waals surface area (Å²) >= 11 is 0. The molecule has 0 heterocycles. The summed E-state index contributed by atoms with van der Waals surface area (Å²) in [5.41, 5.74) is 0. The Labute approximate surface area is 175 Å². The van der Waals surface area contributed by atoms with Crippen LogP contribution in [0, 0.1) is 5.92 Å². The highest BCUT2D eigenvalue weighted by atomic mass is 28.4. The molecule has 0 aromatic carbocycles. The summed E-state index contributed by atoms with van der Waals surface area (Å²) in [6.07, 6.45) is 9.26. The molecule has 0 amide bonds. The Hall–Kier alpha value is -0.393. The summed E-state index contributed by atoms with van der Waals surface area (Å²) in [7, 11) is -0.513. The van der Waals surface area contributed by atoms with Crippen LogP contribution in [0.4, 0.5) is 0 Å². The Balaban J connectivity index is 5.11. The number of rotatable bonds is 15. The zero-order chi connectivity index (χ0) is 21.8. The molecular formula is C23H48O4Si. The Morgan fingerprint density at radius 1 is 0.964 bits per heavy atom. The third-order valence-corrected chi connectivity index (χ3v) is 10.8. The van der Waals surface area contributed by atoms with Crippen molar-refractivity contribution in [3.05, 3.63) is 0 Å². The van der Waals surface area contributed by atoms with Crippen molar-refractivity contribution >= 4 is 14.3 Å². The number of aliphatic hydroxyl groups is 1. The highest BCUT2D eigenvalue weighted by Gasteiger charge is 2.40. The molecular weight excluding hydrogens is 368 g/mol. The van der Waals surface area contributed by atoms with Crippen molar-refractivity contribution in [1.29, 1.82) is 0 Å². The first-order valence-electron chi connectivity index (χ1n) is 11.4. The Bertz CT molecular complexity index is 417. The summed E-state index contributed by atoms with van der Waals surface area (Å²) in [6.45, 7) is 15.6. The molecule has 5 heteroatoms. The van der Waals surface area contributed by atoms with Gasteiger partial charge in [0.05, 0.1) is 19.1 Å². The minimum atomic E-state index is -1.93. The highest BCUT2D eigenvalue weighted by Crippen LogP contribution is 2.38. The second-order valence-electron chi connectivity index (χ2n) is 9.78. The van der Waals surface area contributed by atoms with Crippen LogP contribution in [0.1, 0.15) is 98.8 Å². The van der Waals surface area contributed by atoms with Gasteiger partial charge in [-0.25, -0.2) is 0 Å². The molecule has 0 radical (unpaired) electrons. The zero-order valence-corrected chi connectivity index (χ0v) is 21.0. The van der Waals surface area contributed by atoms with E-state index < -0.39 is 20.3 Å². The van der Waals surface area contributed by atoms with E-state index in [1.54, 1.807) is 0 Å². The summed E-state index contributed by atoms with van der Waals surface area (Å²) in [5, 5.41) is 11.1. The summed E-state index contributed by atoms with van der Waals surface area (Å²) in [5.74, 6) is -0.734. The summed E-state index contributed by atoms with van der Waals surface area (Å²) < 4.78 is 11.6. The van der Waals surface area contributed by atoms with Crippen molar-refractivity contribution in [2.45, 2.75) is 129 Å². The third-order valence-electron chi connectivity index (χ3n) is 6.24. The number of hydrogen-bond acceptors (Lipinski definition) is 4. The average molecular weight is 417 g/mol. The van der Waals surface area contributed by atoms with Gasteiger partial charge in [-0.1, -0.05) is 79.6 Å². The van der Waals surface area contributed by atoms with Gasteiger partial charge in [-0.2, -0.15) is 0 Å². The van der Waals surface area contributed by atoms with Crippen LogP contribution < -0.4 is 0 Å². The van der Waals surface area contributed by atoms with Gasteiger partial charge in [0.25, 0.3) is 0 Å². The fourth-order valence-electron chi connectivity index (χ4n) is 3.28. The number of carbonyl (C=O) groups is 1. The van der Waals surface area contributed by atoms with E-state index in [0.717, 1.165) is 44.9 Å². The standard InChI is InChI=1S/C23H48O4Si/c1-9-11-13-15-17-20(22(25)26-6)21(24)18-19(16-14-12-10-2)27-28(7,8)23(3,4)5/h19-21,24H,9-18H2,1-8H3/t19-,20?,21?/m0/s1. The lowest BCUT2D eigenvalue weighted by Gasteiger charge is -2.40. The smallest absolute Gasteiger partial charge is 0.311 e. The van der Waals surface area contributed by atoms with Crippen molar-refractivity contribution < 1.29 is 19.1 Å². The molecule has 3 atom stereocenters. The highest BCUT2D eigenvalue weighted by molar-refractivity contribution is 6.74. The van der Waals surface area contributed by atoms with E-state index in [2.05, 4.69) is 47.7 Å². The first kappa shape index (κ1) is 27.6. The molecule has 0 aromatic heterocycles. The summed E-state index contributed by atoms with van der Waals surface area (Å²) in [6, 6.07) is 0. The molecule has 0 aliphatic carbocycles. The van der Waals surface area contributed by atoms with Crippen LogP contribution in [-0.4, -0.2) is 38.7 Å². The van der Waals surface area contributed by atoms with Gasteiger partial charge in [0.1, 0.15) is 0 Å². The monoisotopic (exact) mass is 416 g/mol. The summed E-state index contributed by atoms with van der Waals surface area (Å²) in [4.78, 5) is 12.3. The first-order valence-corrected chi connectivity index (χ1v) is 14.3. The SMILES string of the molecule is CCCCCCC(C(=O)OC)C(O)C[C@H](CCCCC)O[Si](C)(C)C(C)(C)C. The Kier molecular flexibility index (Phi) is 13.6. The van der Waals surface area contributed by atoms with Crippen LogP contribution in [0.5, 0.6) is 0 Å². The quantitative estimate of drug-likeness (QED) is 0.189. The van der Waals surface area contributed by atoms with E-state index >= 15 is 0 Å². The fraction of sp³-hybridized carbons (Fsp3) is 0.957. The van der Waals surface area contributed by atoms with Crippen molar-refractivity contribution in [2.75, 3.05) is 7.11 Å². The molecule has 28 heavy (non-hydrogen) atoms. The van der Waals surface area contributed by atoms with E-state index in [9.17, 15) is 9.90 Å². The van der Waals surface area contributed by atoms with E-state index in [1.165, 1.54) is 13.5 Å². The number of aliphatic hydroxyl groups excluding tert-OH is 1. The number of carbonyl (C=O) groups excluding carboxylic acids is 1. The number of unbranched alkanes of at least 4 members (excludes halogenated alkanes) is 5. The maximum atomic E-state index is 12.3. The third kappa shape index (κ3) is 10.4. The Morgan fingerprint density at radius 3 is 2.00 bits per heavy atom. The van der Waals surface area contributed by atoms with Crippen LogP contribution in [0.25, 0.3) is 0 Å². The molecule has 0 aliphatic rings. The van der Waals surface area contributed by atoms with Gasteiger partial charge in [0.2, 0.25) is 0 Å². The predicted molar refractivity (Wildman–Crippen MR) is 121 cm³/mol. The van der Waals surface area contributed by atoms with Gasteiger partial charge in [0.15, 0.2) is 8.32 Å². The van der Waals surface area contributed by atoms with E-state index in [4.69, 9.17) is 9.16 Å². The van der Waals surface area contributed by atoms with Crippen molar-refractivity contribution in [1.82, 2.24) is 0 Å². The molecule has 2 unspecified atom stereocenters. The predicted octanol–water partition coefficient (Wildman–Crippen LogP) is 6.47. The van der Waals surface area contributed by atoms with Gasteiger partial charge in [-0.15, -0.1) is 0 Å². The lowest BCUT2D eigenvalue weighted by molar-refractivity contribution is -0.150. The van der Waals surface area contributed by atoms with Gasteiger partial charge in [-0.05, 0) is 37.4 Å². The van der Waals surface area contributed by atoms with Crippen LogP contribution in [0.3, 0.4) is 0 Å². The molecule has 0 fully saturated rings. The molecule has 0 spiro atoms. The lowest BCUT2D eigenvalue weighted by atomic mass is 9.90. The lowest BCUT2D eigenvalue weighted by Crippen LogP contribution is -2.45. The molecule has 1 N–H and O–H groups in total. The molecule has 0 bridgehead atoms. The van der Waals surface area contributed by atoms with Gasteiger partial charge < -0.3 is 14.3 Å². The van der Waals surface area contributed by atoms with Crippen molar-refractivity contribution in [3.63, 3.8) is 0 Å². The molecule has 168 valence electrons. The van der Waals surface area contributed by atoms with Gasteiger partial charge >= 0.3 is 5.97 Å². The zero-order valence-electron chi connectivity index (χ0n) is 20.0. The Morgan fingerprint density at radius 2 is 1.50 bits per heavy atom. The van der Waals surface area contributed by atoms with Crippen LogP contribution in [0.15, 0.2) is 0 Å². The normalized spacial score (nSPS) is 15.9. The molecule has 0 aromatic rings. The molecule has 0 saturated carbocycles. The molecule has 0 aliphatic heterocycles. The minimum absolute atomic E-state index is 0.00485. The van der Waals surface area contributed by atoms with Crippen molar-refractivity contribution in [3.8, 4) is 0 Å². The first-order chi connectivity index (χ1) is 13.0. The number of ether oxygens (including phenoxy) is 1. The van der Waals surface area contributed by atoms with Crippen LogP contribution in [-0.2, 0) is 14.0 Å². The van der Waals surface area contributed by atoms with E-state index in [-0.39, 0.29) is 17.1 Å².